The Kier molecular flexibility index (Phi) is 6.89. The molecule has 0 aliphatic carbocycles. The maximum absolute atomic E-state index is 4.74. The van der Waals surface area contributed by atoms with Gasteiger partial charge in [0.15, 0.2) is 0 Å². The molecule has 4 heterocycles. The van der Waals surface area contributed by atoms with Crippen LogP contribution in [0.2, 0.25) is 0 Å². The number of aromatic nitrogens is 2. The van der Waals surface area contributed by atoms with Crippen LogP contribution in [-0.2, 0) is 0 Å². The molecule has 9 aromatic rings. The van der Waals surface area contributed by atoms with E-state index in [4.69, 9.17) is 4.98 Å². The Morgan fingerprint density at radius 3 is 2.06 bits per heavy atom. The number of para-hydroxylation sites is 5. The van der Waals surface area contributed by atoms with Crippen molar-refractivity contribution in [2.45, 2.75) is 0 Å². The summed E-state index contributed by atoms with van der Waals surface area (Å²) in [7, 11) is 0. The molecular formula is C50H34N4. The van der Waals surface area contributed by atoms with Crippen molar-refractivity contribution in [3.8, 4) is 39.2 Å². The molecule has 254 valence electrons. The number of benzene rings is 7. The summed E-state index contributed by atoms with van der Waals surface area (Å²) < 4.78 is 2.46. The minimum absolute atomic E-state index is 0.803. The molecule has 0 atom stereocenters. The number of hydrogen-bond acceptors (Lipinski definition) is 3. The molecule has 2 aliphatic rings. The lowest BCUT2D eigenvalue weighted by Gasteiger charge is -2.28. The van der Waals surface area contributed by atoms with E-state index in [2.05, 4.69) is 191 Å². The van der Waals surface area contributed by atoms with Crippen LogP contribution in [0.4, 0.5) is 22.7 Å². The average Bonchev–Trinajstić information content (AvgIpc) is 3.52. The number of rotatable bonds is 4. The molecule has 0 radical (unpaired) electrons. The molecule has 0 fully saturated rings. The average molecular weight is 691 g/mol. The highest BCUT2D eigenvalue weighted by atomic mass is 15.2. The van der Waals surface area contributed by atoms with E-state index >= 15 is 0 Å². The topological polar surface area (TPSA) is 33.1 Å². The summed E-state index contributed by atoms with van der Waals surface area (Å²) in [5.41, 5.74) is 18.8. The standard InChI is InChI=1S/C50H34N4/c1-5-18-44-36(11-1)31-37(32-52-44)33-22-26-38(27-23-33)53-45-19-6-2-14-41(45)48-42-15-3-7-20-46(42)54(50(48)43-16-4-8-21-47(43)53)39-28-24-34(25-29-39)40-17-9-12-35-13-10-30-51-49(35)40/h1-31,52H,32H2. The number of hydrogen-bond donors (Lipinski definition) is 1. The van der Waals surface area contributed by atoms with E-state index in [-0.39, 0.29) is 0 Å². The SMILES string of the molecule is C1=C(c2ccc(N3c4ccccc4-c4c(n(-c5ccc(-c6cccc7cccnc67)cc5)c5ccccc45)-c4ccccc43)cc2)CNc2ccccc21. The summed E-state index contributed by atoms with van der Waals surface area (Å²) >= 11 is 0. The fraction of sp³-hybridized carbons (Fsp3) is 0.0200. The van der Waals surface area contributed by atoms with Gasteiger partial charge in [0.1, 0.15) is 0 Å². The first-order chi connectivity index (χ1) is 26.8. The van der Waals surface area contributed by atoms with Crippen molar-refractivity contribution in [1.29, 1.82) is 0 Å². The fourth-order valence-corrected chi connectivity index (χ4v) is 8.54. The lowest BCUT2D eigenvalue weighted by molar-refractivity contribution is 1.13. The van der Waals surface area contributed by atoms with Crippen LogP contribution in [0.15, 0.2) is 182 Å². The second-order valence-corrected chi connectivity index (χ2v) is 14.0. The molecule has 2 aromatic heterocycles. The maximum atomic E-state index is 4.74. The van der Waals surface area contributed by atoms with Crippen LogP contribution < -0.4 is 10.2 Å². The molecule has 0 bridgehead atoms. The third kappa shape index (κ3) is 4.74. The highest BCUT2D eigenvalue weighted by molar-refractivity contribution is 6.13. The van der Waals surface area contributed by atoms with Crippen molar-refractivity contribution in [1.82, 2.24) is 9.55 Å². The number of pyridine rings is 1. The minimum Gasteiger partial charge on any atom is -0.380 e. The van der Waals surface area contributed by atoms with Crippen molar-refractivity contribution in [3.05, 3.63) is 193 Å². The van der Waals surface area contributed by atoms with Crippen LogP contribution in [0.3, 0.4) is 0 Å². The van der Waals surface area contributed by atoms with Crippen LogP contribution in [-0.4, -0.2) is 16.1 Å². The zero-order valence-electron chi connectivity index (χ0n) is 29.4. The van der Waals surface area contributed by atoms with Gasteiger partial charge in [0, 0.05) is 62.8 Å². The number of nitrogens with one attached hydrogen (secondary N) is 1. The zero-order chi connectivity index (χ0) is 35.6. The molecule has 2 aliphatic heterocycles. The van der Waals surface area contributed by atoms with Crippen LogP contribution in [0.5, 0.6) is 0 Å². The Bertz CT molecular complexity index is 2930. The minimum atomic E-state index is 0.803. The van der Waals surface area contributed by atoms with E-state index in [0.717, 1.165) is 51.3 Å². The second-order valence-electron chi connectivity index (χ2n) is 14.0. The van der Waals surface area contributed by atoms with Crippen molar-refractivity contribution in [2.24, 2.45) is 0 Å². The Morgan fingerprint density at radius 1 is 0.519 bits per heavy atom. The highest BCUT2D eigenvalue weighted by Crippen LogP contribution is 2.54. The molecule has 1 N–H and O–H groups in total. The molecule has 0 amide bonds. The predicted octanol–water partition coefficient (Wildman–Crippen LogP) is 12.9. The van der Waals surface area contributed by atoms with Crippen molar-refractivity contribution >= 4 is 56.2 Å². The first-order valence-corrected chi connectivity index (χ1v) is 18.5. The van der Waals surface area contributed by atoms with Crippen molar-refractivity contribution in [3.63, 3.8) is 0 Å². The van der Waals surface area contributed by atoms with Gasteiger partial charge in [-0.25, -0.2) is 0 Å². The molecule has 4 nitrogen and oxygen atoms in total. The monoisotopic (exact) mass is 690 g/mol. The smallest absolute Gasteiger partial charge is 0.0780 e. The maximum Gasteiger partial charge on any atom is 0.0780 e. The highest BCUT2D eigenvalue weighted by Gasteiger charge is 2.31. The van der Waals surface area contributed by atoms with Crippen molar-refractivity contribution < 1.29 is 0 Å². The summed E-state index contributed by atoms with van der Waals surface area (Å²) in [4.78, 5) is 7.18. The summed E-state index contributed by atoms with van der Waals surface area (Å²) in [6.07, 6.45) is 4.18. The molecule has 54 heavy (non-hydrogen) atoms. The molecule has 4 heteroatoms. The Labute approximate surface area is 313 Å². The third-order valence-electron chi connectivity index (χ3n) is 11.0. The Hall–Kier alpha value is -7.17. The fourth-order valence-electron chi connectivity index (χ4n) is 8.54. The molecular weight excluding hydrogens is 657 g/mol. The molecule has 0 saturated carbocycles. The van der Waals surface area contributed by atoms with E-state index in [0.29, 0.717) is 0 Å². The summed E-state index contributed by atoms with van der Waals surface area (Å²) in [6.45, 7) is 0.803. The van der Waals surface area contributed by atoms with Gasteiger partial charge in [-0.3, -0.25) is 4.98 Å². The molecule has 11 rings (SSSR count). The quantitative estimate of drug-likeness (QED) is 0.200. The molecule has 0 spiro atoms. The summed E-state index contributed by atoms with van der Waals surface area (Å²) in [5, 5.41) is 5.97. The van der Waals surface area contributed by atoms with E-state index in [1.807, 2.05) is 12.3 Å². The van der Waals surface area contributed by atoms with Gasteiger partial charge in [-0.05, 0) is 82.9 Å². The van der Waals surface area contributed by atoms with Crippen molar-refractivity contribution in [2.75, 3.05) is 16.8 Å². The van der Waals surface area contributed by atoms with Crippen LogP contribution >= 0.6 is 0 Å². The van der Waals surface area contributed by atoms with Gasteiger partial charge in [-0.1, -0.05) is 121 Å². The van der Waals surface area contributed by atoms with Gasteiger partial charge < -0.3 is 14.8 Å². The predicted molar refractivity (Wildman–Crippen MR) is 226 cm³/mol. The van der Waals surface area contributed by atoms with Crippen LogP contribution in [0.25, 0.3) is 72.7 Å². The Morgan fingerprint density at radius 2 is 1.19 bits per heavy atom. The van der Waals surface area contributed by atoms with Gasteiger partial charge in [-0.2, -0.15) is 0 Å². The van der Waals surface area contributed by atoms with Gasteiger partial charge in [0.05, 0.1) is 28.1 Å². The largest absolute Gasteiger partial charge is 0.380 e. The Balaban J connectivity index is 1.08. The van der Waals surface area contributed by atoms with E-state index < -0.39 is 0 Å². The first-order valence-electron chi connectivity index (χ1n) is 18.5. The molecule has 0 saturated heterocycles. The summed E-state index contributed by atoms with van der Waals surface area (Å²) in [5.74, 6) is 0. The molecule has 7 aromatic carbocycles. The van der Waals surface area contributed by atoms with Crippen LogP contribution in [0.1, 0.15) is 11.1 Å². The van der Waals surface area contributed by atoms with E-state index in [9.17, 15) is 0 Å². The summed E-state index contributed by atoms with van der Waals surface area (Å²) in [6, 6.07) is 63.6. The third-order valence-corrected chi connectivity index (χ3v) is 11.0. The van der Waals surface area contributed by atoms with Crippen LogP contribution in [0, 0.1) is 0 Å². The van der Waals surface area contributed by atoms with E-state index in [1.54, 1.807) is 0 Å². The van der Waals surface area contributed by atoms with Gasteiger partial charge >= 0.3 is 0 Å². The lowest BCUT2D eigenvalue weighted by atomic mass is 9.98. The number of nitrogens with zero attached hydrogens (tertiary/aromatic N) is 3. The number of fused-ring (bicyclic) bond motifs is 9. The molecule has 0 unspecified atom stereocenters. The normalized spacial score (nSPS) is 13.0. The first kappa shape index (κ1) is 30.5. The van der Waals surface area contributed by atoms with Gasteiger partial charge in [0.25, 0.3) is 0 Å². The second kappa shape index (κ2) is 12.2. The van der Waals surface area contributed by atoms with Gasteiger partial charge in [0.2, 0.25) is 0 Å². The lowest BCUT2D eigenvalue weighted by Crippen LogP contribution is -2.12. The van der Waals surface area contributed by atoms with E-state index in [1.165, 1.54) is 55.7 Å². The zero-order valence-corrected chi connectivity index (χ0v) is 29.4. The van der Waals surface area contributed by atoms with Gasteiger partial charge in [-0.15, -0.1) is 0 Å². The number of anilines is 4.